The average Bonchev–Trinajstić information content (AvgIpc) is 3.08. The molecule has 1 aromatic carbocycles. The van der Waals surface area contributed by atoms with Gasteiger partial charge in [0.2, 0.25) is 5.91 Å². The van der Waals surface area contributed by atoms with Gasteiger partial charge in [-0.2, -0.15) is 0 Å². The summed E-state index contributed by atoms with van der Waals surface area (Å²) in [6.07, 6.45) is 0. The van der Waals surface area contributed by atoms with Crippen LogP contribution in [0.2, 0.25) is 0 Å². The fraction of sp³-hybridized carbons (Fsp3) is 0.438. The monoisotopic (exact) mass is 398 g/mol. The zero-order chi connectivity index (χ0) is 17.6. The Labute approximate surface area is 159 Å². The molecule has 25 heavy (non-hydrogen) atoms. The van der Waals surface area contributed by atoms with Crippen molar-refractivity contribution in [1.82, 2.24) is 15.1 Å². The minimum atomic E-state index is -0.230. The van der Waals surface area contributed by atoms with Crippen LogP contribution in [0.4, 0.5) is 10.1 Å². The first-order valence-electron chi connectivity index (χ1n) is 8.03. The van der Waals surface area contributed by atoms with Gasteiger partial charge in [-0.25, -0.2) is 4.39 Å². The van der Waals surface area contributed by atoms with Gasteiger partial charge in [-0.05, 0) is 30.0 Å². The standard InChI is InChI=1S/C16H19FN4OS3/c1-2-23-15-18-19-16(25-15)24-11-14(22)21-9-7-20(8-10-21)13-5-3-12(17)4-6-13/h3-6H,2,7-11H2,1H3. The predicted octanol–water partition coefficient (Wildman–Crippen LogP) is 3.23. The molecular weight excluding hydrogens is 379 g/mol. The lowest BCUT2D eigenvalue weighted by Crippen LogP contribution is -2.49. The smallest absolute Gasteiger partial charge is 0.233 e. The van der Waals surface area contributed by atoms with Crippen LogP contribution in [-0.4, -0.2) is 58.7 Å². The maximum absolute atomic E-state index is 13.0. The number of thioether (sulfide) groups is 2. The molecule has 2 aromatic rings. The molecule has 0 N–H and O–H groups in total. The van der Waals surface area contributed by atoms with E-state index in [9.17, 15) is 9.18 Å². The van der Waals surface area contributed by atoms with Gasteiger partial charge in [0.15, 0.2) is 8.68 Å². The summed E-state index contributed by atoms with van der Waals surface area (Å²) in [5.41, 5.74) is 0.998. The number of hydrogen-bond acceptors (Lipinski definition) is 7. The summed E-state index contributed by atoms with van der Waals surface area (Å²) in [6, 6.07) is 6.50. The lowest BCUT2D eigenvalue weighted by Gasteiger charge is -2.36. The molecule has 1 saturated heterocycles. The van der Waals surface area contributed by atoms with Crippen LogP contribution in [0.25, 0.3) is 0 Å². The fourth-order valence-electron chi connectivity index (χ4n) is 2.52. The molecule has 134 valence electrons. The van der Waals surface area contributed by atoms with E-state index in [4.69, 9.17) is 0 Å². The molecule has 3 rings (SSSR count). The van der Waals surface area contributed by atoms with Gasteiger partial charge in [-0.1, -0.05) is 41.8 Å². The zero-order valence-corrected chi connectivity index (χ0v) is 16.3. The van der Waals surface area contributed by atoms with E-state index in [0.29, 0.717) is 18.8 Å². The third-order valence-electron chi connectivity index (χ3n) is 3.80. The van der Waals surface area contributed by atoms with E-state index in [-0.39, 0.29) is 11.7 Å². The number of aromatic nitrogens is 2. The van der Waals surface area contributed by atoms with Crippen LogP contribution in [0.1, 0.15) is 6.92 Å². The molecule has 2 heterocycles. The molecule has 1 fully saturated rings. The summed E-state index contributed by atoms with van der Waals surface area (Å²) in [4.78, 5) is 16.4. The van der Waals surface area contributed by atoms with Crippen molar-refractivity contribution in [2.75, 3.05) is 42.6 Å². The maximum Gasteiger partial charge on any atom is 0.233 e. The normalized spacial score (nSPS) is 14.8. The van der Waals surface area contributed by atoms with Gasteiger partial charge in [0.05, 0.1) is 5.75 Å². The first-order chi connectivity index (χ1) is 12.2. The summed E-state index contributed by atoms with van der Waals surface area (Å²) in [5, 5.41) is 8.21. The van der Waals surface area contributed by atoms with Gasteiger partial charge in [0.1, 0.15) is 5.82 Å². The van der Waals surface area contributed by atoms with Gasteiger partial charge in [0, 0.05) is 31.9 Å². The Balaban J connectivity index is 1.45. The van der Waals surface area contributed by atoms with E-state index in [1.54, 1.807) is 23.9 Å². The van der Waals surface area contributed by atoms with E-state index in [1.165, 1.54) is 35.2 Å². The van der Waals surface area contributed by atoms with Crippen molar-refractivity contribution in [1.29, 1.82) is 0 Å². The number of piperazine rings is 1. The van der Waals surface area contributed by atoms with Crippen molar-refractivity contribution in [2.45, 2.75) is 15.6 Å². The van der Waals surface area contributed by atoms with E-state index in [0.717, 1.165) is 33.2 Å². The van der Waals surface area contributed by atoms with Gasteiger partial charge in [0.25, 0.3) is 0 Å². The van der Waals surface area contributed by atoms with Crippen LogP contribution in [0.15, 0.2) is 32.9 Å². The number of carbonyl (C=O) groups is 1. The lowest BCUT2D eigenvalue weighted by atomic mass is 10.2. The Hall–Kier alpha value is -1.32. The minimum absolute atomic E-state index is 0.128. The Morgan fingerprint density at radius 2 is 1.76 bits per heavy atom. The zero-order valence-electron chi connectivity index (χ0n) is 13.9. The van der Waals surface area contributed by atoms with Crippen molar-refractivity contribution in [2.24, 2.45) is 0 Å². The van der Waals surface area contributed by atoms with Crippen molar-refractivity contribution >= 4 is 46.5 Å². The van der Waals surface area contributed by atoms with Gasteiger partial charge in [-0.15, -0.1) is 10.2 Å². The van der Waals surface area contributed by atoms with Crippen molar-refractivity contribution in [3.05, 3.63) is 30.1 Å². The van der Waals surface area contributed by atoms with Crippen LogP contribution >= 0.6 is 34.9 Å². The quantitative estimate of drug-likeness (QED) is 0.697. The second kappa shape index (κ2) is 8.86. The second-order valence-corrected chi connectivity index (χ2v) is 9.11. The Kier molecular flexibility index (Phi) is 6.55. The van der Waals surface area contributed by atoms with E-state index in [2.05, 4.69) is 22.0 Å². The number of hydrogen-bond donors (Lipinski definition) is 0. The topological polar surface area (TPSA) is 49.3 Å². The van der Waals surface area contributed by atoms with Crippen molar-refractivity contribution in [3.63, 3.8) is 0 Å². The highest BCUT2D eigenvalue weighted by Crippen LogP contribution is 2.28. The molecule has 1 amide bonds. The predicted molar refractivity (Wildman–Crippen MR) is 102 cm³/mol. The highest BCUT2D eigenvalue weighted by Gasteiger charge is 2.21. The Bertz CT molecular complexity index is 702. The number of carbonyl (C=O) groups excluding carboxylic acids is 1. The molecule has 1 aliphatic heterocycles. The highest BCUT2D eigenvalue weighted by molar-refractivity contribution is 8.03. The maximum atomic E-state index is 13.0. The third kappa shape index (κ3) is 5.08. The number of amides is 1. The minimum Gasteiger partial charge on any atom is -0.368 e. The summed E-state index contributed by atoms with van der Waals surface area (Å²) in [6.45, 7) is 4.97. The van der Waals surface area contributed by atoms with Crippen molar-refractivity contribution in [3.8, 4) is 0 Å². The molecule has 0 aliphatic carbocycles. The summed E-state index contributed by atoms with van der Waals surface area (Å²) < 4.78 is 14.8. The van der Waals surface area contributed by atoms with Crippen molar-refractivity contribution < 1.29 is 9.18 Å². The molecule has 1 aliphatic rings. The number of nitrogens with zero attached hydrogens (tertiary/aromatic N) is 4. The molecule has 0 atom stereocenters. The van der Waals surface area contributed by atoms with E-state index >= 15 is 0 Å². The third-order valence-corrected chi connectivity index (χ3v) is 6.86. The number of benzene rings is 1. The van der Waals surface area contributed by atoms with Crippen LogP contribution in [-0.2, 0) is 4.79 Å². The summed E-state index contributed by atoms with van der Waals surface area (Å²) in [7, 11) is 0. The van der Waals surface area contributed by atoms with E-state index < -0.39 is 0 Å². The number of anilines is 1. The molecule has 1 aromatic heterocycles. The first-order valence-corrected chi connectivity index (χ1v) is 10.8. The first kappa shape index (κ1) is 18.5. The highest BCUT2D eigenvalue weighted by atomic mass is 32.2. The van der Waals surface area contributed by atoms with Crippen LogP contribution in [0.5, 0.6) is 0 Å². The largest absolute Gasteiger partial charge is 0.368 e. The van der Waals surface area contributed by atoms with Crippen LogP contribution < -0.4 is 4.90 Å². The van der Waals surface area contributed by atoms with Gasteiger partial charge in [-0.3, -0.25) is 4.79 Å². The molecule has 0 spiro atoms. The molecule has 9 heteroatoms. The molecule has 5 nitrogen and oxygen atoms in total. The molecule has 0 saturated carbocycles. The summed E-state index contributed by atoms with van der Waals surface area (Å²) >= 11 is 4.66. The van der Waals surface area contributed by atoms with Crippen LogP contribution in [0, 0.1) is 5.82 Å². The average molecular weight is 399 g/mol. The Morgan fingerprint density at radius 3 is 2.40 bits per heavy atom. The molecule has 0 bridgehead atoms. The molecule has 0 unspecified atom stereocenters. The van der Waals surface area contributed by atoms with Crippen LogP contribution in [0.3, 0.4) is 0 Å². The SMILES string of the molecule is CCSc1nnc(SCC(=O)N2CCN(c3ccc(F)cc3)CC2)s1. The van der Waals surface area contributed by atoms with E-state index in [1.807, 2.05) is 4.90 Å². The Morgan fingerprint density at radius 1 is 1.12 bits per heavy atom. The second-order valence-electron chi connectivity index (χ2n) is 5.40. The fourth-order valence-corrected chi connectivity index (χ4v) is 5.34. The number of halogens is 1. The van der Waals surface area contributed by atoms with Gasteiger partial charge < -0.3 is 9.80 Å². The molecule has 0 radical (unpaired) electrons. The number of rotatable bonds is 6. The lowest BCUT2D eigenvalue weighted by molar-refractivity contribution is -0.128. The molecular formula is C16H19FN4OS3. The van der Waals surface area contributed by atoms with Gasteiger partial charge >= 0.3 is 0 Å². The summed E-state index contributed by atoms with van der Waals surface area (Å²) in [5.74, 6) is 1.26.